The largest absolute Gasteiger partial charge is 0.297 e. The van der Waals surface area contributed by atoms with Crippen LogP contribution in [0.4, 0.5) is 0 Å². The molecular formula is C13H18N2O2S. The predicted octanol–water partition coefficient (Wildman–Crippen LogP) is 1.18. The Hall–Kier alpha value is -1.17. The molecule has 0 aromatic heterocycles. The summed E-state index contributed by atoms with van der Waals surface area (Å²) in [6, 6.07) is 8.61. The Kier molecular flexibility index (Phi) is 4.16. The molecule has 0 atom stereocenters. The molecule has 18 heavy (non-hydrogen) atoms. The minimum atomic E-state index is -3.32. The molecule has 1 saturated heterocycles. The van der Waals surface area contributed by atoms with Crippen molar-refractivity contribution in [3.05, 3.63) is 43.0 Å². The summed E-state index contributed by atoms with van der Waals surface area (Å²) >= 11 is 0. The van der Waals surface area contributed by atoms with Crippen LogP contribution in [0.5, 0.6) is 0 Å². The lowest BCUT2D eigenvalue weighted by molar-refractivity contribution is 0.204. The SMILES string of the molecule is C=CCN1CCN(S(=O)(=O)c2ccccc2)CC1. The number of rotatable bonds is 4. The van der Waals surface area contributed by atoms with Crippen LogP contribution >= 0.6 is 0 Å². The van der Waals surface area contributed by atoms with Gasteiger partial charge in [-0.05, 0) is 12.1 Å². The van der Waals surface area contributed by atoms with Gasteiger partial charge in [0.1, 0.15) is 0 Å². The van der Waals surface area contributed by atoms with E-state index in [1.54, 1.807) is 28.6 Å². The van der Waals surface area contributed by atoms with Gasteiger partial charge in [-0.1, -0.05) is 24.3 Å². The van der Waals surface area contributed by atoms with Gasteiger partial charge in [-0.15, -0.1) is 6.58 Å². The first-order chi connectivity index (χ1) is 8.64. The standard InChI is InChI=1S/C13H18N2O2S/c1-2-8-14-9-11-15(12-10-14)18(16,17)13-6-4-3-5-7-13/h2-7H,1,8-12H2. The van der Waals surface area contributed by atoms with Gasteiger partial charge in [0, 0.05) is 32.7 Å². The highest BCUT2D eigenvalue weighted by atomic mass is 32.2. The fourth-order valence-corrected chi connectivity index (χ4v) is 3.52. The lowest BCUT2D eigenvalue weighted by Crippen LogP contribution is -2.48. The number of sulfonamides is 1. The molecule has 0 spiro atoms. The highest BCUT2D eigenvalue weighted by Crippen LogP contribution is 2.16. The maximum Gasteiger partial charge on any atom is 0.243 e. The van der Waals surface area contributed by atoms with Crippen molar-refractivity contribution in [2.24, 2.45) is 0 Å². The summed E-state index contributed by atoms with van der Waals surface area (Å²) in [6.45, 7) is 7.13. The van der Waals surface area contributed by atoms with Crippen LogP contribution in [0.2, 0.25) is 0 Å². The molecule has 5 heteroatoms. The molecule has 1 heterocycles. The van der Waals surface area contributed by atoms with Gasteiger partial charge in [0.25, 0.3) is 0 Å². The van der Waals surface area contributed by atoms with E-state index in [2.05, 4.69) is 11.5 Å². The van der Waals surface area contributed by atoms with Gasteiger partial charge in [0.2, 0.25) is 10.0 Å². The van der Waals surface area contributed by atoms with E-state index in [0.29, 0.717) is 18.0 Å². The normalized spacial score (nSPS) is 18.7. The predicted molar refractivity (Wildman–Crippen MR) is 71.8 cm³/mol. The molecule has 0 amide bonds. The molecule has 1 fully saturated rings. The molecule has 2 rings (SSSR count). The van der Waals surface area contributed by atoms with Crippen molar-refractivity contribution in [3.63, 3.8) is 0 Å². The van der Waals surface area contributed by atoms with E-state index in [1.807, 2.05) is 12.1 Å². The molecule has 1 aliphatic rings. The molecule has 0 unspecified atom stereocenters. The van der Waals surface area contributed by atoms with Crippen molar-refractivity contribution in [1.29, 1.82) is 0 Å². The Morgan fingerprint density at radius 3 is 2.28 bits per heavy atom. The van der Waals surface area contributed by atoms with Gasteiger partial charge in [-0.2, -0.15) is 4.31 Å². The van der Waals surface area contributed by atoms with E-state index in [1.165, 1.54) is 0 Å². The quantitative estimate of drug-likeness (QED) is 0.768. The highest BCUT2D eigenvalue weighted by molar-refractivity contribution is 7.89. The van der Waals surface area contributed by atoms with Crippen LogP contribution in [-0.4, -0.2) is 50.3 Å². The second-order valence-corrected chi connectivity index (χ2v) is 6.24. The molecule has 0 N–H and O–H groups in total. The summed E-state index contributed by atoms with van der Waals surface area (Å²) in [5.41, 5.74) is 0. The van der Waals surface area contributed by atoms with Crippen LogP contribution in [0.3, 0.4) is 0 Å². The van der Waals surface area contributed by atoms with Gasteiger partial charge in [-0.25, -0.2) is 8.42 Å². The minimum Gasteiger partial charge on any atom is -0.297 e. The lowest BCUT2D eigenvalue weighted by atomic mass is 10.3. The van der Waals surface area contributed by atoms with Crippen LogP contribution in [-0.2, 0) is 10.0 Å². The maximum atomic E-state index is 12.3. The van der Waals surface area contributed by atoms with E-state index in [4.69, 9.17) is 0 Å². The third-order valence-electron chi connectivity index (χ3n) is 3.10. The zero-order valence-corrected chi connectivity index (χ0v) is 11.1. The van der Waals surface area contributed by atoms with Crippen LogP contribution in [0.25, 0.3) is 0 Å². The van der Waals surface area contributed by atoms with Crippen molar-refractivity contribution < 1.29 is 8.42 Å². The number of benzene rings is 1. The monoisotopic (exact) mass is 266 g/mol. The molecule has 1 aromatic carbocycles. The number of piperazine rings is 1. The van der Waals surface area contributed by atoms with E-state index in [-0.39, 0.29) is 0 Å². The summed E-state index contributed by atoms with van der Waals surface area (Å²) in [7, 11) is -3.32. The molecule has 0 bridgehead atoms. The van der Waals surface area contributed by atoms with Crippen LogP contribution in [0.1, 0.15) is 0 Å². The average Bonchev–Trinajstić information content (AvgIpc) is 2.41. The first-order valence-corrected chi connectivity index (χ1v) is 7.47. The second-order valence-electron chi connectivity index (χ2n) is 4.31. The van der Waals surface area contributed by atoms with Crippen LogP contribution in [0.15, 0.2) is 47.9 Å². The zero-order chi connectivity index (χ0) is 13.0. The average molecular weight is 266 g/mol. The summed E-state index contributed by atoms with van der Waals surface area (Å²) in [4.78, 5) is 2.58. The van der Waals surface area contributed by atoms with Crippen LogP contribution in [0, 0.1) is 0 Å². The van der Waals surface area contributed by atoms with Gasteiger partial charge >= 0.3 is 0 Å². The van der Waals surface area contributed by atoms with Crippen molar-refractivity contribution in [1.82, 2.24) is 9.21 Å². The van der Waals surface area contributed by atoms with E-state index in [9.17, 15) is 8.42 Å². The third-order valence-corrected chi connectivity index (χ3v) is 5.01. The Bertz CT molecular complexity index is 491. The first kappa shape index (κ1) is 13.3. The van der Waals surface area contributed by atoms with Gasteiger partial charge in [0.05, 0.1) is 4.90 Å². The number of nitrogens with zero attached hydrogens (tertiary/aromatic N) is 2. The zero-order valence-electron chi connectivity index (χ0n) is 10.3. The molecule has 1 aliphatic heterocycles. The van der Waals surface area contributed by atoms with Gasteiger partial charge in [-0.3, -0.25) is 4.90 Å². The topological polar surface area (TPSA) is 40.6 Å². The highest BCUT2D eigenvalue weighted by Gasteiger charge is 2.27. The fourth-order valence-electron chi connectivity index (χ4n) is 2.08. The minimum absolute atomic E-state index is 0.377. The second kappa shape index (κ2) is 5.65. The third kappa shape index (κ3) is 2.80. The molecule has 98 valence electrons. The van der Waals surface area contributed by atoms with E-state index in [0.717, 1.165) is 19.6 Å². The number of hydrogen-bond acceptors (Lipinski definition) is 3. The Balaban J connectivity index is 2.07. The molecule has 0 saturated carbocycles. The molecule has 0 aliphatic carbocycles. The molecule has 0 radical (unpaired) electrons. The summed E-state index contributed by atoms with van der Waals surface area (Å²) in [5, 5.41) is 0. The van der Waals surface area contributed by atoms with Crippen LogP contribution < -0.4 is 0 Å². The smallest absolute Gasteiger partial charge is 0.243 e. The summed E-state index contributed by atoms with van der Waals surface area (Å²) in [6.07, 6.45) is 1.85. The molecular weight excluding hydrogens is 248 g/mol. The van der Waals surface area contributed by atoms with Crippen molar-refractivity contribution in [2.75, 3.05) is 32.7 Å². The van der Waals surface area contributed by atoms with Crippen molar-refractivity contribution in [3.8, 4) is 0 Å². The molecule has 4 nitrogen and oxygen atoms in total. The molecule has 1 aromatic rings. The lowest BCUT2D eigenvalue weighted by Gasteiger charge is -2.33. The van der Waals surface area contributed by atoms with Crippen molar-refractivity contribution >= 4 is 10.0 Å². The summed E-state index contributed by atoms with van der Waals surface area (Å²) < 4.78 is 26.2. The Labute approximate surface area is 109 Å². The summed E-state index contributed by atoms with van der Waals surface area (Å²) in [5.74, 6) is 0. The van der Waals surface area contributed by atoms with E-state index >= 15 is 0 Å². The maximum absolute atomic E-state index is 12.3. The Morgan fingerprint density at radius 2 is 1.72 bits per heavy atom. The van der Waals surface area contributed by atoms with Gasteiger partial charge < -0.3 is 0 Å². The van der Waals surface area contributed by atoms with E-state index < -0.39 is 10.0 Å². The Morgan fingerprint density at radius 1 is 1.11 bits per heavy atom. The van der Waals surface area contributed by atoms with Gasteiger partial charge in [0.15, 0.2) is 0 Å². The first-order valence-electron chi connectivity index (χ1n) is 6.03. The fraction of sp³-hybridized carbons (Fsp3) is 0.385. The number of hydrogen-bond donors (Lipinski definition) is 0. The van der Waals surface area contributed by atoms with Crippen molar-refractivity contribution in [2.45, 2.75) is 4.90 Å².